The molecule has 26 heavy (non-hydrogen) atoms. The van der Waals surface area contributed by atoms with Gasteiger partial charge >= 0.3 is 0 Å². The summed E-state index contributed by atoms with van der Waals surface area (Å²) in [5, 5.41) is 3.06. The zero-order valence-corrected chi connectivity index (χ0v) is 15.4. The zero-order chi connectivity index (χ0) is 18.5. The summed E-state index contributed by atoms with van der Waals surface area (Å²) < 4.78 is 18.5. The second-order valence-corrected chi connectivity index (χ2v) is 6.78. The molecule has 3 rings (SSSR count). The lowest BCUT2D eigenvalue weighted by molar-refractivity contribution is 0.0938. The van der Waals surface area contributed by atoms with Crippen LogP contribution in [-0.4, -0.2) is 37.6 Å². The standard InChI is InChI=1S/C20H22ClFN2O2/c1-26-16-6-4-5-14(11-16)19(24-9-2-3-10-24)13-23-20(25)17-8-7-15(22)12-18(17)21/h4-8,11-12,19H,2-3,9-10,13H2,1H3,(H,23,25). The van der Waals surface area contributed by atoms with Crippen LogP contribution in [0.25, 0.3) is 0 Å². The fourth-order valence-corrected chi connectivity index (χ4v) is 3.57. The molecule has 1 saturated heterocycles. The third-order valence-electron chi connectivity index (χ3n) is 4.69. The van der Waals surface area contributed by atoms with E-state index in [0.29, 0.717) is 6.54 Å². The maximum Gasteiger partial charge on any atom is 0.252 e. The molecule has 138 valence electrons. The number of nitrogens with one attached hydrogen (secondary N) is 1. The number of rotatable bonds is 6. The molecule has 1 heterocycles. The van der Waals surface area contributed by atoms with E-state index < -0.39 is 5.82 Å². The smallest absolute Gasteiger partial charge is 0.252 e. The normalized spacial score (nSPS) is 15.7. The molecule has 6 heteroatoms. The highest BCUT2D eigenvalue weighted by molar-refractivity contribution is 6.33. The van der Waals surface area contributed by atoms with Crippen molar-refractivity contribution in [2.75, 3.05) is 26.7 Å². The molecule has 1 unspecified atom stereocenters. The predicted octanol–water partition coefficient (Wildman–Crippen LogP) is 4.05. The quantitative estimate of drug-likeness (QED) is 0.826. The topological polar surface area (TPSA) is 41.6 Å². The number of hydrogen-bond donors (Lipinski definition) is 1. The number of halogens is 2. The van der Waals surface area contributed by atoms with Gasteiger partial charge in [-0.3, -0.25) is 9.69 Å². The second-order valence-electron chi connectivity index (χ2n) is 6.37. The van der Waals surface area contributed by atoms with E-state index in [9.17, 15) is 9.18 Å². The maximum atomic E-state index is 13.2. The van der Waals surface area contributed by atoms with Crippen molar-refractivity contribution in [3.05, 3.63) is 64.4 Å². The summed E-state index contributed by atoms with van der Waals surface area (Å²) in [4.78, 5) is 14.9. The highest BCUT2D eigenvalue weighted by Crippen LogP contribution is 2.27. The number of benzene rings is 2. The van der Waals surface area contributed by atoms with Crippen LogP contribution in [0.5, 0.6) is 5.75 Å². The summed E-state index contributed by atoms with van der Waals surface area (Å²) in [6, 6.07) is 11.7. The largest absolute Gasteiger partial charge is 0.497 e. The first-order valence-electron chi connectivity index (χ1n) is 8.69. The van der Waals surface area contributed by atoms with Gasteiger partial charge in [0.1, 0.15) is 11.6 Å². The first-order valence-corrected chi connectivity index (χ1v) is 9.07. The number of carbonyl (C=O) groups excluding carboxylic acids is 1. The van der Waals surface area contributed by atoms with E-state index in [1.165, 1.54) is 12.1 Å². The Labute approximate surface area is 157 Å². The van der Waals surface area contributed by atoms with Gasteiger partial charge in [-0.2, -0.15) is 0 Å². The summed E-state index contributed by atoms with van der Waals surface area (Å²) in [6.45, 7) is 2.43. The van der Waals surface area contributed by atoms with Crippen molar-refractivity contribution in [3.8, 4) is 5.75 Å². The second kappa shape index (κ2) is 8.52. The summed E-state index contributed by atoms with van der Waals surface area (Å²) in [5.74, 6) is 0.0274. The van der Waals surface area contributed by atoms with Crippen LogP contribution in [0.4, 0.5) is 4.39 Å². The molecule has 0 saturated carbocycles. The molecule has 4 nitrogen and oxygen atoms in total. The fraction of sp³-hybridized carbons (Fsp3) is 0.350. The average molecular weight is 377 g/mol. The van der Waals surface area contributed by atoms with Crippen LogP contribution in [0.3, 0.4) is 0 Å². The van der Waals surface area contributed by atoms with Gasteiger partial charge in [0.15, 0.2) is 0 Å². The third kappa shape index (κ3) is 4.34. The van der Waals surface area contributed by atoms with Crippen molar-refractivity contribution in [1.29, 1.82) is 0 Å². The fourth-order valence-electron chi connectivity index (χ4n) is 3.32. The van der Waals surface area contributed by atoms with Gasteiger partial charge in [0.25, 0.3) is 5.91 Å². The first-order chi connectivity index (χ1) is 12.6. The summed E-state index contributed by atoms with van der Waals surface area (Å²) in [5.41, 5.74) is 1.37. The Morgan fingerprint density at radius 2 is 2.04 bits per heavy atom. The Hall–Kier alpha value is -2.11. The van der Waals surface area contributed by atoms with Crippen LogP contribution in [0, 0.1) is 5.82 Å². The zero-order valence-electron chi connectivity index (χ0n) is 14.7. The van der Waals surface area contributed by atoms with E-state index in [1.54, 1.807) is 7.11 Å². The summed E-state index contributed by atoms with van der Waals surface area (Å²) in [6.07, 6.45) is 2.30. The summed E-state index contributed by atoms with van der Waals surface area (Å²) >= 11 is 6.00. The van der Waals surface area contributed by atoms with Crippen molar-refractivity contribution >= 4 is 17.5 Å². The Morgan fingerprint density at radius 1 is 1.27 bits per heavy atom. The van der Waals surface area contributed by atoms with Crippen molar-refractivity contribution in [1.82, 2.24) is 10.2 Å². The molecule has 1 aliphatic heterocycles. The van der Waals surface area contributed by atoms with Crippen LogP contribution in [0.2, 0.25) is 5.02 Å². The van der Waals surface area contributed by atoms with Crippen LogP contribution in [0.15, 0.2) is 42.5 Å². The number of likely N-dealkylation sites (tertiary alicyclic amines) is 1. The Bertz CT molecular complexity index is 778. The van der Waals surface area contributed by atoms with Crippen LogP contribution in [-0.2, 0) is 0 Å². The SMILES string of the molecule is COc1cccc(C(CNC(=O)c2ccc(F)cc2Cl)N2CCCC2)c1. The minimum atomic E-state index is -0.460. The predicted molar refractivity (Wildman–Crippen MR) is 100 cm³/mol. The molecular formula is C20H22ClFN2O2. The number of hydrogen-bond acceptors (Lipinski definition) is 3. The number of amides is 1. The number of nitrogens with zero attached hydrogens (tertiary/aromatic N) is 1. The van der Waals surface area contributed by atoms with E-state index >= 15 is 0 Å². The Morgan fingerprint density at radius 3 is 2.73 bits per heavy atom. The van der Waals surface area contributed by atoms with Gasteiger partial charge in [-0.15, -0.1) is 0 Å². The maximum absolute atomic E-state index is 13.2. The van der Waals surface area contributed by atoms with E-state index in [2.05, 4.69) is 10.2 Å². The van der Waals surface area contributed by atoms with Gasteiger partial charge in [0.2, 0.25) is 0 Å². The molecule has 1 atom stereocenters. The lowest BCUT2D eigenvalue weighted by Crippen LogP contribution is -2.36. The average Bonchev–Trinajstić information content (AvgIpc) is 3.16. The molecule has 1 fully saturated rings. The van der Waals surface area contributed by atoms with Crippen molar-refractivity contribution in [2.45, 2.75) is 18.9 Å². The first kappa shape index (κ1) is 18.7. The lowest BCUT2D eigenvalue weighted by Gasteiger charge is -2.28. The molecule has 1 amide bonds. The highest BCUT2D eigenvalue weighted by atomic mass is 35.5. The van der Waals surface area contributed by atoms with Gasteiger partial charge in [-0.1, -0.05) is 23.7 Å². The highest BCUT2D eigenvalue weighted by Gasteiger charge is 2.24. The molecule has 2 aromatic carbocycles. The Kier molecular flexibility index (Phi) is 6.12. The minimum absolute atomic E-state index is 0.0516. The van der Waals surface area contributed by atoms with Crippen molar-refractivity contribution < 1.29 is 13.9 Å². The van der Waals surface area contributed by atoms with Gasteiger partial charge in [-0.25, -0.2) is 4.39 Å². The van der Waals surface area contributed by atoms with Gasteiger partial charge < -0.3 is 10.1 Å². The van der Waals surface area contributed by atoms with Crippen LogP contribution in [0.1, 0.15) is 34.8 Å². The van der Waals surface area contributed by atoms with E-state index in [1.807, 2.05) is 24.3 Å². The van der Waals surface area contributed by atoms with Crippen molar-refractivity contribution in [2.24, 2.45) is 0 Å². The lowest BCUT2D eigenvalue weighted by atomic mass is 10.0. The molecule has 0 aromatic heterocycles. The molecule has 1 N–H and O–H groups in total. The number of methoxy groups -OCH3 is 1. The molecular weight excluding hydrogens is 355 g/mol. The minimum Gasteiger partial charge on any atom is -0.497 e. The third-order valence-corrected chi connectivity index (χ3v) is 5.00. The molecule has 0 spiro atoms. The van der Waals surface area contributed by atoms with E-state index in [4.69, 9.17) is 16.3 Å². The van der Waals surface area contributed by atoms with E-state index in [-0.39, 0.29) is 22.5 Å². The number of ether oxygens (including phenoxy) is 1. The van der Waals surface area contributed by atoms with Crippen LogP contribution >= 0.6 is 11.6 Å². The summed E-state index contributed by atoms with van der Waals surface area (Å²) in [7, 11) is 1.64. The van der Waals surface area contributed by atoms with E-state index in [0.717, 1.165) is 43.3 Å². The monoisotopic (exact) mass is 376 g/mol. The molecule has 2 aromatic rings. The molecule has 0 bridgehead atoms. The molecule has 0 aliphatic carbocycles. The molecule has 0 radical (unpaired) electrons. The van der Waals surface area contributed by atoms with Gasteiger partial charge in [-0.05, 0) is 61.8 Å². The number of carbonyl (C=O) groups is 1. The van der Waals surface area contributed by atoms with Crippen molar-refractivity contribution in [3.63, 3.8) is 0 Å². The molecule has 1 aliphatic rings. The van der Waals surface area contributed by atoms with Crippen LogP contribution < -0.4 is 10.1 Å². The van der Waals surface area contributed by atoms with Gasteiger partial charge in [0.05, 0.1) is 23.7 Å². The Balaban J connectivity index is 1.76. The van der Waals surface area contributed by atoms with Gasteiger partial charge in [0, 0.05) is 6.54 Å².